The van der Waals surface area contributed by atoms with Crippen LogP contribution in [0.4, 0.5) is 29.1 Å². The Balaban J connectivity index is 2.15. The van der Waals surface area contributed by atoms with Gasteiger partial charge in [0.15, 0.2) is 0 Å². The number of aromatic nitrogens is 2. The van der Waals surface area contributed by atoms with Gasteiger partial charge in [0.25, 0.3) is 0 Å². The highest BCUT2D eigenvalue weighted by molar-refractivity contribution is 5.82. The van der Waals surface area contributed by atoms with Crippen molar-refractivity contribution in [3.05, 3.63) is 16.3 Å². The summed E-state index contributed by atoms with van der Waals surface area (Å²) >= 11 is 0. The van der Waals surface area contributed by atoms with Crippen LogP contribution in [0.3, 0.4) is 0 Å². The fourth-order valence-corrected chi connectivity index (χ4v) is 2.63. The Morgan fingerprint density at radius 1 is 1.50 bits per heavy atom. The molecule has 24 heavy (non-hydrogen) atoms. The minimum Gasteiger partial charge on any atom is -0.348 e. The minimum atomic E-state index is -5.09. The van der Waals surface area contributed by atoms with Crippen molar-refractivity contribution in [1.29, 1.82) is 0 Å². The van der Waals surface area contributed by atoms with E-state index in [-0.39, 0.29) is 37.4 Å². The van der Waals surface area contributed by atoms with Crippen molar-refractivity contribution in [3.8, 4) is 0 Å². The standard InChI is InChI=1S/C12H15F4N5O3/c1-19-10(9(5-17-19)21(23)24)20-4-2-3-8(7(13)6-20)18-11(22)12(14,15)16/h5,7-8H,2-4,6H2,1H3,(H,18,22). The minimum absolute atomic E-state index is 0.00879. The highest BCUT2D eigenvalue weighted by atomic mass is 19.4. The summed E-state index contributed by atoms with van der Waals surface area (Å²) in [4.78, 5) is 22.7. The molecule has 2 unspecified atom stereocenters. The molecule has 2 atom stereocenters. The Morgan fingerprint density at radius 3 is 2.75 bits per heavy atom. The maximum Gasteiger partial charge on any atom is 0.471 e. The number of anilines is 1. The third-order valence-corrected chi connectivity index (χ3v) is 3.73. The van der Waals surface area contributed by atoms with Crippen molar-refractivity contribution in [2.24, 2.45) is 7.05 Å². The van der Waals surface area contributed by atoms with Gasteiger partial charge in [0, 0.05) is 13.6 Å². The number of carbonyl (C=O) groups excluding carboxylic acids is 1. The summed E-state index contributed by atoms with van der Waals surface area (Å²) in [6.07, 6.45) is -5.63. The Labute approximate surface area is 133 Å². The van der Waals surface area contributed by atoms with E-state index in [1.54, 1.807) is 5.32 Å². The van der Waals surface area contributed by atoms with E-state index >= 15 is 0 Å². The number of nitro groups is 1. The van der Waals surface area contributed by atoms with Crippen molar-refractivity contribution in [3.63, 3.8) is 0 Å². The van der Waals surface area contributed by atoms with Gasteiger partial charge >= 0.3 is 17.8 Å². The first kappa shape index (κ1) is 17.9. The van der Waals surface area contributed by atoms with E-state index in [9.17, 15) is 32.5 Å². The normalized spacial score (nSPS) is 22.1. The number of carbonyl (C=O) groups is 1. The smallest absolute Gasteiger partial charge is 0.348 e. The number of hydrogen-bond acceptors (Lipinski definition) is 5. The Kier molecular flexibility index (Phi) is 4.94. The molecule has 1 aliphatic rings. The average Bonchev–Trinajstić information content (AvgIpc) is 2.76. The highest BCUT2D eigenvalue weighted by Crippen LogP contribution is 2.30. The molecule has 0 aliphatic carbocycles. The molecule has 2 rings (SSSR count). The van der Waals surface area contributed by atoms with E-state index in [0.717, 1.165) is 6.20 Å². The van der Waals surface area contributed by atoms with Crippen molar-refractivity contribution in [1.82, 2.24) is 15.1 Å². The van der Waals surface area contributed by atoms with Gasteiger partial charge in [-0.1, -0.05) is 0 Å². The van der Waals surface area contributed by atoms with Crippen LogP contribution in [0.25, 0.3) is 0 Å². The summed E-state index contributed by atoms with van der Waals surface area (Å²) in [6, 6.07) is -1.31. The fraction of sp³-hybridized carbons (Fsp3) is 0.667. The molecule has 1 aromatic heterocycles. The quantitative estimate of drug-likeness (QED) is 0.502. The molecule has 0 bridgehead atoms. The fourth-order valence-electron chi connectivity index (χ4n) is 2.63. The molecule has 1 amide bonds. The number of hydrogen-bond donors (Lipinski definition) is 1. The first-order valence-electron chi connectivity index (χ1n) is 7.04. The number of rotatable bonds is 3. The molecular formula is C12H15F4N5O3. The highest BCUT2D eigenvalue weighted by Gasteiger charge is 2.42. The van der Waals surface area contributed by atoms with Gasteiger partial charge in [0.2, 0.25) is 5.82 Å². The first-order valence-corrected chi connectivity index (χ1v) is 7.04. The van der Waals surface area contributed by atoms with Crippen LogP contribution in [0.15, 0.2) is 6.20 Å². The Bertz CT molecular complexity index is 633. The number of halogens is 4. The second-order valence-corrected chi connectivity index (χ2v) is 5.42. The number of amides is 1. The zero-order valence-corrected chi connectivity index (χ0v) is 12.6. The third-order valence-electron chi connectivity index (χ3n) is 3.73. The van der Waals surface area contributed by atoms with Crippen LogP contribution in [0.5, 0.6) is 0 Å². The summed E-state index contributed by atoms with van der Waals surface area (Å²) in [6.45, 7) is -0.192. The predicted octanol–water partition coefficient (Wildman–Crippen LogP) is 1.31. The van der Waals surface area contributed by atoms with E-state index in [2.05, 4.69) is 5.10 Å². The van der Waals surface area contributed by atoms with Crippen LogP contribution in [0.2, 0.25) is 0 Å². The van der Waals surface area contributed by atoms with Crippen LogP contribution in [-0.4, -0.2) is 52.1 Å². The Hall–Kier alpha value is -2.40. The van der Waals surface area contributed by atoms with Crippen LogP contribution in [-0.2, 0) is 11.8 Å². The lowest BCUT2D eigenvalue weighted by molar-refractivity contribution is -0.384. The second kappa shape index (κ2) is 6.61. The van der Waals surface area contributed by atoms with E-state index in [1.165, 1.54) is 16.6 Å². The van der Waals surface area contributed by atoms with Gasteiger partial charge in [0.1, 0.15) is 12.4 Å². The summed E-state index contributed by atoms with van der Waals surface area (Å²) in [7, 11) is 1.45. The van der Waals surface area contributed by atoms with Gasteiger partial charge in [-0.3, -0.25) is 14.9 Å². The van der Waals surface area contributed by atoms with Crippen molar-refractivity contribution in [2.75, 3.05) is 18.0 Å². The van der Waals surface area contributed by atoms with Gasteiger partial charge in [0.05, 0.1) is 17.5 Å². The number of nitrogens with zero attached hydrogens (tertiary/aromatic N) is 4. The molecule has 12 heteroatoms. The zero-order valence-electron chi connectivity index (χ0n) is 12.6. The molecule has 1 aromatic rings. The molecule has 8 nitrogen and oxygen atoms in total. The molecular weight excluding hydrogens is 338 g/mol. The maximum atomic E-state index is 14.3. The van der Waals surface area contributed by atoms with E-state index in [4.69, 9.17) is 0 Å². The van der Waals surface area contributed by atoms with Crippen LogP contribution >= 0.6 is 0 Å². The number of nitrogens with one attached hydrogen (secondary N) is 1. The van der Waals surface area contributed by atoms with Crippen LogP contribution in [0, 0.1) is 10.1 Å². The van der Waals surface area contributed by atoms with Crippen LogP contribution in [0.1, 0.15) is 12.8 Å². The van der Waals surface area contributed by atoms with E-state index in [1.807, 2.05) is 0 Å². The molecule has 1 fully saturated rings. The predicted molar refractivity (Wildman–Crippen MR) is 74.2 cm³/mol. The lowest BCUT2D eigenvalue weighted by Crippen LogP contribution is -2.48. The van der Waals surface area contributed by atoms with E-state index < -0.39 is 29.2 Å². The lowest BCUT2D eigenvalue weighted by Gasteiger charge is -2.25. The Morgan fingerprint density at radius 2 is 2.17 bits per heavy atom. The number of alkyl halides is 4. The van der Waals surface area contributed by atoms with Gasteiger partial charge < -0.3 is 10.2 Å². The van der Waals surface area contributed by atoms with Crippen molar-refractivity contribution in [2.45, 2.75) is 31.2 Å². The monoisotopic (exact) mass is 353 g/mol. The molecule has 1 N–H and O–H groups in total. The van der Waals surface area contributed by atoms with Gasteiger partial charge in [-0.15, -0.1) is 0 Å². The molecule has 0 spiro atoms. The largest absolute Gasteiger partial charge is 0.471 e. The SMILES string of the molecule is Cn1ncc([N+](=O)[O-])c1N1CCCC(NC(=O)C(F)(F)F)C(F)C1. The zero-order chi connectivity index (χ0) is 18.1. The molecule has 0 aromatic carbocycles. The van der Waals surface area contributed by atoms with Crippen molar-refractivity contribution < 1.29 is 27.3 Å². The number of aryl methyl sites for hydroxylation is 1. The second-order valence-electron chi connectivity index (χ2n) is 5.42. The third kappa shape index (κ3) is 3.74. The topological polar surface area (TPSA) is 93.3 Å². The van der Waals surface area contributed by atoms with Gasteiger partial charge in [-0.2, -0.15) is 18.3 Å². The van der Waals surface area contributed by atoms with Gasteiger partial charge in [-0.05, 0) is 12.8 Å². The molecule has 134 valence electrons. The molecule has 0 radical (unpaired) electrons. The summed E-state index contributed by atoms with van der Waals surface area (Å²) in [5.74, 6) is -2.12. The van der Waals surface area contributed by atoms with Crippen LogP contribution < -0.4 is 10.2 Å². The summed E-state index contributed by atoms with van der Waals surface area (Å²) < 4.78 is 52.4. The van der Waals surface area contributed by atoms with E-state index in [0.29, 0.717) is 0 Å². The summed E-state index contributed by atoms with van der Waals surface area (Å²) in [5, 5.41) is 16.4. The van der Waals surface area contributed by atoms with Gasteiger partial charge in [-0.25, -0.2) is 9.07 Å². The first-order chi connectivity index (χ1) is 11.1. The lowest BCUT2D eigenvalue weighted by atomic mass is 10.1. The average molecular weight is 353 g/mol. The molecule has 1 aliphatic heterocycles. The molecule has 2 heterocycles. The molecule has 0 saturated carbocycles. The van der Waals surface area contributed by atoms with Crippen molar-refractivity contribution >= 4 is 17.4 Å². The summed E-state index contributed by atoms with van der Waals surface area (Å²) in [5.41, 5.74) is -0.317. The maximum absolute atomic E-state index is 14.3. The molecule has 1 saturated heterocycles.